The molecule has 0 bridgehead atoms. The highest BCUT2D eigenvalue weighted by Gasteiger charge is 2.29. The van der Waals surface area contributed by atoms with Gasteiger partial charge in [0.2, 0.25) is 10.0 Å². The Balaban J connectivity index is 3.14. The van der Waals surface area contributed by atoms with Crippen molar-refractivity contribution in [2.75, 3.05) is 0 Å². The fourth-order valence-electron chi connectivity index (χ4n) is 1.50. The van der Waals surface area contributed by atoms with Crippen LogP contribution in [0.5, 0.6) is 0 Å². The highest BCUT2D eigenvalue weighted by atomic mass is 35.5. The maximum atomic E-state index is 12.1. The first-order valence-electron chi connectivity index (χ1n) is 5.34. The van der Waals surface area contributed by atoms with Gasteiger partial charge in [0.1, 0.15) is 6.04 Å². The minimum atomic E-state index is -4.05. The molecule has 8 heteroatoms. The van der Waals surface area contributed by atoms with Crippen molar-refractivity contribution in [3.63, 3.8) is 0 Å². The molecule has 0 aliphatic rings. The first-order chi connectivity index (χ1) is 8.65. The molecule has 0 spiro atoms. The van der Waals surface area contributed by atoms with E-state index in [0.717, 1.165) is 0 Å². The maximum absolute atomic E-state index is 12.1. The fourth-order valence-corrected chi connectivity index (χ4v) is 3.22. The molecule has 0 amide bonds. The summed E-state index contributed by atoms with van der Waals surface area (Å²) in [5, 5.41) is 18.5. The van der Waals surface area contributed by atoms with Crippen LogP contribution in [-0.2, 0) is 14.8 Å². The van der Waals surface area contributed by atoms with E-state index >= 15 is 0 Å². The lowest BCUT2D eigenvalue weighted by molar-refractivity contribution is -0.141. The van der Waals surface area contributed by atoms with Crippen molar-refractivity contribution in [2.45, 2.75) is 30.9 Å². The van der Waals surface area contributed by atoms with Crippen LogP contribution in [0.25, 0.3) is 0 Å². The second-order valence-electron chi connectivity index (χ2n) is 4.09. The summed E-state index contributed by atoms with van der Waals surface area (Å²) in [6.45, 7) is 2.73. The van der Waals surface area contributed by atoms with E-state index in [0.29, 0.717) is 10.6 Å². The summed E-state index contributed by atoms with van der Waals surface area (Å²) < 4.78 is 26.1. The summed E-state index contributed by atoms with van der Waals surface area (Å²) in [5.74, 6) is -1.45. The zero-order chi connectivity index (χ0) is 14.8. The van der Waals surface area contributed by atoms with Gasteiger partial charge in [0.05, 0.1) is 11.0 Å². The van der Waals surface area contributed by atoms with Crippen molar-refractivity contribution in [2.24, 2.45) is 0 Å². The number of hydrogen-bond acceptors (Lipinski definition) is 4. The van der Waals surface area contributed by atoms with E-state index in [1.54, 1.807) is 6.92 Å². The number of aliphatic carboxylic acids is 1. The maximum Gasteiger partial charge on any atom is 0.324 e. The van der Waals surface area contributed by atoms with Gasteiger partial charge in [-0.1, -0.05) is 11.6 Å². The second-order valence-corrected chi connectivity index (χ2v) is 6.21. The zero-order valence-corrected chi connectivity index (χ0v) is 11.9. The van der Waals surface area contributed by atoms with Crippen molar-refractivity contribution < 1.29 is 23.4 Å². The Morgan fingerprint density at radius 2 is 2.00 bits per heavy atom. The number of rotatable bonds is 5. The molecule has 0 heterocycles. The molecular weight excluding hydrogens is 294 g/mol. The highest BCUT2D eigenvalue weighted by molar-refractivity contribution is 7.89. The largest absolute Gasteiger partial charge is 0.480 e. The molecule has 0 fully saturated rings. The summed E-state index contributed by atoms with van der Waals surface area (Å²) >= 11 is 5.72. The van der Waals surface area contributed by atoms with E-state index in [9.17, 15) is 18.3 Å². The van der Waals surface area contributed by atoms with E-state index < -0.39 is 28.1 Å². The molecule has 0 aromatic heterocycles. The van der Waals surface area contributed by atoms with Gasteiger partial charge in [0.15, 0.2) is 0 Å². The van der Waals surface area contributed by atoms with Gasteiger partial charge in [0.25, 0.3) is 0 Å². The Hall–Kier alpha value is -1.15. The molecule has 1 aromatic carbocycles. The van der Waals surface area contributed by atoms with Crippen LogP contribution < -0.4 is 4.72 Å². The molecule has 0 saturated heterocycles. The molecule has 0 unspecified atom stereocenters. The molecule has 106 valence electrons. The van der Waals surface area contributed by atoms with Crippen molar-refractivity contribution in [1.82, 2.24) is 4.72 Å². The number of carbonyl (C=O) groups is 1. The third-order valence-electron chi connectivity index (χ3n) is 2.46. The van der Waals surface area contributed by atoms with Crippen LogP contribution in [0, 0.1) is 6.92 Å². The van der Waals surface area contributed by atoms with E-state index in [2.05, 4.69) is 0 Å². The molecule has 3 N–H and O–H groups in total. The monoisotopic (exact) mass is 307 g/mol. The number of carboxylic acid groups (broad SMARTS) is 1. The van der Waals surface area contributed by atoms with Gasteiger partial charge >= 0.3 is 5.97 Å². The van der Waals surface area contributed by atoms with Crippen molar-refractivity contribution >= 4 is 27.6 Å². The number of sulfonamides is 1. The lowest BCUT2D eigenvalue weighted by atomic mass is 10.2. The third-order valence-corrected chi connectivity index (χ3v) is 4.29. The summed E-state index contributed by atoms with van der Waals surface area (Å²) in [6.07, 6.45) is -1.36. The number of hydrogen-bond donors (Lipinski definition) is 3. The normalized spacial score (nSPS) is 14.9. The predicted molar refractivity (Wildman–Crippen MR) is 69.6 cm³/mol. The molecule has 0 saturated carbocycles. The molecule has 0 radical (unpaired) electrons. The average molecular weight is 308 g/mol. The van der Waals surface area contributed by atoms with Gasteiger partial charge in [-0.05, 0) is 37.6 Å². The Morgan fingerprint density at radius 3 is 2.42 bits per heavy atom. The lowest BCUT2D eigenvalue weighted by Gasteiger charge is -2.18. The summed E-state index contributed by atoms with van der Waals surface area (Å²) in [4.78, 5) is 10.8. The third kappa shape index (κ3) is 3.90. The smallest absolute Gasteiger partial charge is 0.324 e. The van der Waals surface area contributed by atoms with Crippen molar-refractivity contribution in [3.05, 3.63) is 28.8 Å². The van der Waals surface area contributed by atoms with Gasteiger partial charge in [-0.3, -0.25) is 4.79 Å². The first-order valence-corrected chi connectivity index (χ1v) is 7.20. The molecule has 1 aromatic rings. The molecule has 19 heavy (non-hydrogen) atoms. The molecule has 6 nitrogen and oxygen atoms in total. The van der Waals surface area contributed by atoms with E-state index in [4.69, 9.17) is 16.7 Å². The van der Waals surface area contributed by atoms with Gasteiger partial charge in [-0.25, -0.2) is 8.42 Å². The van der Waals surface area contributed by atoms with E-state index in [1.807, 2.05) is 4.72 Å². The number of benzene rings is 1. The summed E-state index contributed by atoms with van der Waals surface area (Å²) in [7, 11) is -4.05. The van der Waals surface area contributed by atoms with E-state index in [-0.39, 0.29) is 4.90 Å². The number of halogens is 1. The van der Waals surface area contributed by atoms with Crippen LogP contribution in [-0.4, -0.2) is 36.7 Å². The van der Waals surface area contributed by atoms with Crippen LogP contribution in [0.3, 0.4) is 0 Å². The quantitative estimate of drug-likeness (QED) is 0.745. The summed E-state index contributed by atoms with van der Waals surface area (Å²) in [6, 6.07) is 2.51. The van der Waals surface area contributed by atoms with E-state index in [1.165, 1.54) is 25.1 Å². The molecule has 0 aliphatic carbocycles. The Kier molecular flexibility index (Phi) is 4.92. The minimum Gasteiger partial charge on any atom is -0.480 e. The standard InChI is InChI=1S/C11H14ClNO5S/c1-6-5-8(12)3-4-9(6)19(17,18)13-10(7(2)14)11(15)16/h3-5,7,10,13-14H,1-2H3,(H,15,16)/t7-,10+/m1/s1. The van der Waals surface area contributed by atoms with Crippen molar-refractivity contribution in [3.8, 4) is 0 Å². The van der Waals surface area contributed by atoms with Crippen LogP contribution in [0.15, 0.2) is 23.1 Å². The molecular formula is C11H14ClNO5S. The number of aryl methyl sites for hydroxylation is 1. The number of carboxylic acids is 1. The lowest BCUT2D eigenvalue weighted by Crippen LogP contribution is -2.47. The number of aliphatic hydroxyl groups is 1. The Labute approximate surface area is 116 Å². The van der Waals surface area contributed by atoms with Crippen molar-refractivity contribution in [1.29, 1.82) is 0 Å². The van der Waals surface area contributed by atoms with Crippen LogP contribution in [0.4, 0.5) is 0 Å². The Bertz CT molecular complexity index is 585. The number of nitrogens with one attached hydrogen (secondary N) is 1. The van der Waals surface area contributed by atoms with Gasteiger partial charge < -0.3 is 10.2 Å². The topological polar surface area (TPSA) is 104 Å². The Morgan fingerprint density at radius 1 is 1.42 bits per heavy atom. The molecule has 0 aliphatic heterocycles. The van der Waals surface area contributed by atoms with Crippen LogP contribution in [0.1, 0.15) is 12.5 Å². The van der Waals surface area contributed by atoms with Crippen LogP contribution >= 0.6 is 11.6 Å². The van der Waals surface area contributed by atoms with Gasteiger partial charge in [-0.15, -0.1) is 0 Å². The zero-order valence-electron chi connectivity index (χ0n) is 10.3. The SMILES string of the molecule is Cc1cc(Cl)ccc1S(=O)(=O)N[C@H](C(=O)O)[C@@H](C)O. The van der Waals surface area contributed by atoms with Gasteiger partial charge in [0, 0.05) is 5.02 Å². The minimum absolute atomic E-state index is 0.0798. The fraction of sp³-hybridized carbons (Fsp3) is 0.364. The predicted octanol–water partition coefficient (Wildman–Crippen LogP) is 0.761. The summed E-state index contributed by atoms with van der Waals surface area (Å²) in [5.41, 5.74) is 0.384. The van der Waals surface area contributed by atoms with Crippen LogP contribution in [0.2, 0.25) is 5.02 Å². The first kappa shape index (κ1) is 15.9. The molecule has 1 rings (SSSR count). The molecule has 2 atom stereocenters. The second kappa shape index (κ2) is 5.87. The number of aliphatic hydroxyl groups excluding tert-OH is 1. The average Bonchev–Trinajstić information content (AvgIpc) is 2.24. The van der Waals surface area contributed by atoms with Gasteiger partial charge in [-0.2, -0.15) is 4.72 Å². The highest BCUT2D eigenvalue weighted by Crippen LogP contribution is 2.20.